The predicted molar refractivity (Wildman–Crippen MR) is 108 cm³/mol. The van der Waals surface area contributed by atoms with Gasteiger partial charge in [-0.15, -0.1) is 0 Å². The summed E-state index contributed by atoms with van der Waals surface area (Å²) in [6.45, 7) is 2.98. The number of hydrogen-bond acceptors (Lipinski definition) is 7. The Morgan fingerprint density at radius 1 is 1.10 bits per heavy atom. The second-order valence-corrected chi connectivity index (χ2v) is 6.64. The maximum atomic E-state index is 12.2. The SMILES string of the molecule is COc1cc(N)c(Cl)cc1C(=O)OCC(=O)Nc1ccc(C(=O)OC(C)C)cc1. The first-order valence-electron chi connectivity index (χ1n) is 8.62. The molecule has 0 aliphatic heterocycles. The molecular weight excluding hydrogens is 400 g/mol. The van der Waals surface area contributed by atoms with Gasteiger partial charge in [-0.1, -0.05) is 11.6 Å². The lowest BCUT2D eigenvalue weighted by Crippen LogP contribution is -2.21. The van der Waals surface area contributed by atoms with Crippen LogP contribution in [0.15, 0.2) is 36.4 Å². The summed E-state index contributed by atoms with van der Waals surface area (Å²) in [5, 5.41) is 2.72. The topological polar surface area (TPSA) is 117 Å². The van der Waals surface area contributed by atoms with Crippen LogP contribution in [-0.2, 0) is 14.3 Å². The summed E-state index contributed by atoms with van der Waals surface area (Å²) in [6.07, 6.45) is -0.230. The monoisotopic (exact) mass is 420 g/mol. The number of benzene rings is 2. The van der Waals surface area contributed by atoms with Gasteiger partial charge in [0, 0.05) is 11.8 Å². The molecule has 0 saturated heterocycles. The number of esters is 2. The number of nitrogen functional groups attached to an aromatic ring is 1. The number of rotatable bonds is 7. The fraction of sp³-hybridized carbons (Fsp3) is 0.250. The maximum Gasteiger partial charge on any atom is 0.342 e. The second kappa shape index (κ2) is 9.79. The summed E-state index contributed by atoms with van der Waals surface area (Å²) in [7, 11) is 1.37. The molecule has 2 rings (SSSR count). The lowest BCUT2D eigenvalue weighted by Gasteiger charge is -2.11. The summed E-state index contributed by atoms with van der Waals surface area (Å²) >= 11 is 5.92. The van der Waals surface area contributed by atoms with Crippen molar-refractivity contribution < 1.29 is 28.6 Å². The van der Waals surface area contributed by atoms with E-state index in [9.17, 15) is 14.4 Å². The summed E-state index contributed by atoms with van der Waals surface area (Å²) < 4.78 is 15.2. The molecule has 0 aromatic heterocycles. The first-order valence-corrected chi connectivity index (χ1v) is 9.00. The Morgan fingerprint density at radius 3 is 2.34 bits per heavy atom. The summed E-state index contributed by atoms with van der Waals surface area (Å²) in [6, 6.07) is 8.83. The van der Waals surface area contributed by atoms with Crippen molar-refractivity contribution in [2.24, 2.45) is 0 Å². The van der Waals surface area contributed by atoms with Crippen LogP contribution in [0.3, 0.4) is 0 Å². The molecule has 0 aliphatic rings. The Morgan fingerprint density at radius 2 is 1.76 bits per heavy atom. The van der Waals surface area contributed by atoms with Crippen molar-refractivity contribution in [1.29, 1.82) is 0 Å². The molecule has 3 N–H and O–H groups in total. The van der Waals surface area contributed by atoms with E-state index in [1.165, 1.54) is 31.4 Å². The minimum absolute atomic E-state index is 0.0486. The van der Waals surface area contributed by atoms with Gasteiger partial charge in [0.2, 0.25) is 0 Å². The molecule has 0 heterocycles. The van der Waals surface area contributed by atoms with Gasteiger partial charge in [0.25, 0.3) is 5.91 Å². The zero-order valence-corrected chi connectivity index (χ0v) is 16.9. The van der Waals surface area contributed by atoms with Crippen LogP contribution in [-0.4, -0.2) is 37.7 Å². The van der Waals surface area contributed by atoms with Crippen molar-refractivity contribution in [3.63, 3.8) is 0 Å². The summed E-state index contributed by atoms with van der Waals surface area (Å²) in [5.41, 5.74) is 6.75. The van der Waals surface area contributed by atoms with Crippen LogP contribution in [0.25, 0.3) is 0 Å². The standard InChI is InChI=1S/C20H21ClN2O6/c1-11(2)29-19(25)12-4-6-13(7-5-12)23-18(24)10-28-20(26)14-8-15(21)16(22)9-17(14)27-3/h4-9,11H,10,22H2,1-3H3,(H,23,24). The smallest absolute Gasteiger partial charge is 0.342 e. The number of nitrogens with two attached hydrogens (primary N) is 1. The van der Waals surface area contributed by atoms with E-state index in [0.717, 1.165) is 0 Å². The van der Waals surface area contributed by atoms with Crippen molar-refractivity contribution in [3.05, 3.63) is 52.5 Å². The lowest BCUT2D eigenvalue weighted by atomic mass is 10.2. The van der Waals surface area contributed by atoms with Crippen molar-refractivity contribution >= 4 is 40.8 Å². The van der Waals surface area contributed by atoms with Gasteiger partial charge < -0.3 is 25.3 Å². The summed E-state index contributed by atoms with van der Waals surface area (Å²) in [4.78, 5) is 36.1. The highest BCUT2D eigenvalue weighted by Gasteiger charge is 2.18. The first-order chi connectivity index (χ1) is 13.7. The van der Waals surface area contributed by atoms with E-state index in [1.807, 2.05) is 0 Å². The quantitative estimate of drug-likeness (QED) is 0.521. The fourth-order valence-electron chi connectivity index (χ4n) is 2.28. The van der Waals surface area contributed by atoms with Crippen molar-refractivity contribution in [2.45, 2.75) is 20.0 Å². The van der Waals surface area contributed by atoms with Crippen LogP contribution in [0, 0.1) is 0 Å². The van der Waals surface area contributed by atoms with Gasteiger partial charge >= 0.3 is 11.9 Å². The third-order valence-corrected chi connectivity index (χ3v) is 3.95. The van der Waals surface area contributed by atoms with E-state index in [2.05, 4.69) is 5.32 Å². The highest BCUT2D eigenvalue weighted by atomic mass is 35.5. The predicted octanol–water partition coefficient (Wildman–Crippen LogP) is 3.29. The van der Waals surface area contributed by atoms with Crippen molar-refractivity contribution in [2.75, 3.05) is 24.8 Å². The number of hydrogen-bond donors (Lipinski definition) is 2. The number of ether oxygens (including phenoxy) is 3. The third kappa shape index (κ3) is 6.11. The molecule has 0 radical (unpaired) electrons. The molecule has 0 atom stereocenters. The molecule has 2 aromatic carbocycles. The van der Waals surface area contributed by atoms with Gasteiger partial charge in [-0.3, -0.25) is 4.79 Å². The van der Waals surface area contributed by atoms with Crippen LogP contribution in [0.1, 0.15) is 34.6 Å². The molecule has 0 aliphatic carbocycles. The van der Waals surface area contributed by atoms with Crippen LogP contribution >= 0.6 is 11.6 Å². The van der Waals surface area contributed by atoms with Gasteiger partial charge in [0.15, 0.2) is 6.61 Å². The van der Waals surface area contributed by atoms with E-state index >= 15 is 0 Å². The van der Waals surface area contributed by atoms with Crippen molar-refractivity contribution in [3.8, 4) is 5.75 Å². The average Bonchev–Trinajstić information content (AvgIpc) is 2.67. The Bertz CT molecular complexity index is 912. The number of halogens is 1. The number of amides is 1. The first kappa shape index (κ1) is 22.0. The molecule has 0 spiro atoms. The zero-order chi connectivity index (χ0) is 21.6. The Hall–Kier alpha value is -3.26. The van der Waals surface area contributed by atoms with Crippen LogP contribution in [0.2, 0.25) is 5.02 Å². The van der Waals surface area contributed by atoms with Gasteiger partial charge in [-0.2, -0.15) is 0 Å². The molecule has 1 amide bonds. The van der Waals surface area contributed by atoms with Crippen molar-refractivity contribution in [1.82, 2.24) is 0 Å². The zero-order valence-electron chi connectivity index (χ0n) is 16.2. The molecule has 8 nitrogen and oxygen atoms in total. The highest BCUT2D eigenvalue weighted by Crippen LogP contribution is 2.29. The Labute approximate surface area is 172 Å². The van der Waals surface area contributed by atoms with Gasteiger partial charge in [0.1, 0.15) is 11.3 Å². The molecule has 0 saturated carbocycles. The number of anilines is 2. The number of nitrogens with one attached hydrogen (secondary N) is 1. The number of methoxy groups -OCH3 is 1. The van der Waals surface area contributed by atoms with E-state index in [1.54, 1.807) is 26.0 Å². The molecule has 0 fully saturated rings. The molecule has 0 unspecified atom stereocenters. The normalized spacial score (nSPS) is 10.4. The highest BCUT2D eigenvalue weighted by molar-refractivity contribution is 6.33. The lowest BCUT2D eigenvalue weighted by molar-refractivity contribution is -0.119. The third-order valence-electron chi connectivity index (χ3n) is 3.62. The van der Waals surface area contributed by atoms with Crippen LogP contribution < -0.4 is 15.8 Å². The van der Waals surface area contributed by atoms with Crippen LogP contribution in [0.4, 0.5) is 11.4 Å². The van der Waals surface area contributed by atoms with Gasteiger partial charge in [-0.25, -0.2) is 9.59 Å². The fourth-order valence-corrected chi connectivity index (χ4v) is 2.44. The van der Waals surface area contributed by atoms with E-state index in [-0.39, 0.29) is 28.1 Å². The number of carbonyl (C=O) groups is 3. The van der Waals surface area contributed by atoms with E-state index in [0.29, 0.717) is 11.3 Å². The van der Waals surface area contributed by atoms with Gasteiger partial charge in [-0.05, 0) is 44.2 Å². The molecule has 0 bridgehead atoms. The number of carbonyl (C=O) groups excluding carboxylic acids is 3. The second-order valence-electron chi connectivity index (χ2n) is 6.23. The van der Waals surface area contributed by atoms with Crippen LogP contribution in [0.5, 0.6) is 5.75 Å². The molecule has 154 valence electrons. The average molecular weight is 421 g/mol. The molecule has 9 heteroatoms. The Kier molecular flexibility index (Phi) is 7.44. The molecular formula is C20H21ClN2O6. The largest absolute Gasteiger partial charge is 0.496 e. The minimum atomic E-state index is -0.786. The van der Waals surface area contributed by atoms with Gasteiger partial charge in [0.05, 0.1) is 29.5 Å². The molecule has 29 heavy (non-hydrogen) atoms. The maximum absolute atomic E-state index is 12.2. The minimum Gasteiger partial charge on any atom is -0.496 e. The van der Waals surface area contributed by atoms with E-state index < -0.39 is 24.5 Å². The summed E-state index contributed by atoms with van der Waals surface area (Å²) in [5.74, 6) is -1.62. The van der Waals surface area contributed by atoms with E-state index in [4.69, 9.17) is 31.5 Å². The Balaban J connectivity index is 1.94. The molecule has 2 aromatic rings.